The van der Waals surface area contributed by atoms with E-state index in [1.807, 2.05) is 0 Å². The Bertz CT molecular complexity index is 759. The molecule has 0 amide bonds. The number of furan rings is 1. The highest BCUT2D eigenvalue weighted by Crippen LogP contribution is 2.32. The maximum absolute atomic E-state index is 11.5. The molecule has 0 bridgehead atoms. The van der Waals surface area contributed by atoms with Gasteiger partial charge in [0.25, 0.3) is 10.0 Å². The van der Waals surface area contributed by atoms with Gasteiger partial charge in [-0.3, -0.25) is 0 Å². The van der Waals surface area contributed by atoms with Crippen LogP contribution in [0.25, 0.3) is 0 Å². The second kappa shape index (κ2) is 6.46. The second-order valence-corrected chi connectivity index (χ2v) is 7.07. The SMILES string of the molecule is CNS(=O)(=O)c1ccc(CNc2cc(Cl)c(Cl)cc2Cl)o1. The number of anilines is 1. The van der Waals surface area contributed by atoms with Gasteiger partial charge in [-0.25, -0.2) is 13.1 Å². The first-order chi connectivity index (χ1) is 9.83. The van der Waals surface area contributed by atoms with Gasteiger partial charge in [0.05, 0.1) is 27.3 Å². The molecule has 2 N–H and O–H groups in total. The molecule has 9 heteroatoms. The third-order valence-electron chi connectivity index (χ3n) is 2.63. The molecule has 2 rings (SSSR count). The summed E-state index contributed by atoms with van der Waals surface area (Å²) in [6, 6.07) is 6.04. The largest absolute Gasteiger partial charge is 0.446 e. The van der Waals surface area contributed by atoms with Crippen molar-refractivity contribution in [2.45, 2.75) is 11.6 Å². The van der Waals surface area contributed by atoms with Crippen molar-refractivity contribution in [1.29, 1.82) is 0 Å². The average Bonchev–Trinajstić information content (AvgIpc) is 2.91. The van der Waals surface area contributed by atoms with Crippen molar-refractivity contribution in [1.82, 2.24) is 4.72 Å². The van der Waals surface area contributed by atoms with Crippen molar-refractivity contribution in [3.8, 4) is 0 Å². The first-order valence-electron chi connectivity index (χ1n) is 5.74. The molecular formula is C12H11Cl3N2O3S. The molecule has 0 aliphatic heterocycles. The fourth-order valence-corrected chi connectivity index (χ4v) is 2.82. The molecule has 0 radical (unpaired) electrons. The van der Waals surface area contributed by atoms with Gasteiger partial charge in [0, 0.05) is 0 Å². The predicted molar refractivity (Wildman–Crippen MR) is 83.8 cm³/mol. The van der Waals surface area contributed by atoms with Gasteiger partial charge < -0.3 is 9.73 Å². The summed E-state index contributed by atoms with van der Waals surface area (Å²) >= 11 is 17.8. The summed E-state index contributed by atoms with van der Waals surface area (Å²) in [5.74, 6) is 0.436. The molecule has 1 aromatic heterocycles. The highest BCUT2D eigenvalue weighted by Gasteiger charge is 2.16. The maximum Gasteiger partial charge on any atom is 0.273 e. The van der Waals surface area contributed by atoms with Crippen molar-refractivity contribution < 1.29 is 12.8 Å². The fraction of sp³-hybridized carbons (Fsp3) is 0.167. The maximum atomic E-state index is 11.5. The highest BCUT2D eigenvalue weighted by molar-refractivity contribution is 7.89. The van der Waals surface area contributed by atoms with Crippen molar-refractivity contribution in [3.05, 3.63) is 45.1 Å². The molecule has 114 valence electrons. The van der Waals surface area contributed by atoms with Crippen LogP contribution in [-0.2, 0) is 16.6 Å². The second-order valence-electron chi connectivity index (χ2n) is 4.03. The number of hydrogen-bond acceptors (Lipinski definition) is 4. The Kier molecular flexibility index (Phi) is 5.06. The minimum absolute atomic E-state index is 0.151. The van der Waals surface area contributed by atoms with E-state index in [0.29, 0.717) is 26.5 Å². The fourth-order valence-electron chi connectivity index (χ4n) is 1.54. The summed E-state index contributed by atoms with van der Waals surface area (Å²) in [7, 11) is -2.28. The first kappa shape index (κ1) is 16.5. The number of halogens is 3. The Morgan fingerprint density at radius 3 is 2.43 bits per heavy atom. The van der Waals surface area contributed by atoms with Gasteiger partial charge in [0.1, 0.15) is 5.76 Å². The molecule has 0 atom stereocenters. The quantitative estimate of drug-likeness (QED) is 0.787. The summed E-state index contributed by atoms with van der Waals surface area (Å²) < 4.78 is 30.5. The molecular weight excluding hydrogens is 359 g/mol. The lowest BCUT2D eigenvalue weighted by atomic mass is 10.3. The Labute approximate surface area is 137 Å². The van der Waals surface area contributed by atoms with Crippen LogP contribution in [0.5, 0.6) is 0 Å². The molecule has 0 saturated carbocycles. The van der Waals surface area contributed by atoms with Gasteiger partial charge in [-0.2, -0.15) is 0 Å². The highest BCUT2D eigenvalue weighted by atomic mass is 35.5. The molecule has 2 aromatic rings. The van der Waals surface area contributed by atoms with E-state index in [4.69, 9.17) is 39.2 Å². The zero-order valence-corrected chi connectivity index (χ0v) is 13.9. The zero-order chi connectivity index (χ0) is 15.6. The van der Waals surface area contributed by atoms with Crippen molar-refractivity contribution >= 4 is 50.5 Å². The summed E-state index contributed by atoms with van der Waals surface area (Å²) in [5.41, 5.74) is 0.570. The Balaban J connectivity index is 2.13. The first-order valence-corrected chi connectivity index (χ1v) is 8.36. The summed E-state index contributed by atoms with van der Waals surface area (Å²) in [5, 5.41) is 3.96. The predicted octanol–water partition coefficient (Wildman–Crippen LogP) is 3.76. The molecule has 0 aliphatic carbocycles. The average molecular weight is 370 g/mol. The van der Waals surface area contributed by atoms with Gasteiger partial charge in [0.15, 0.2) is 0 Å². The van der Waals surface area contributed by atoms with Crippen LogP contribution in [0, 0.1) is 0 Å². The van der Waals surface area contributed by atoms with E-state index in [-0.39, 0.29) is 11.6 Å². The molecule has 5 nitrogen and oxygen atoms in total. The van der Waals surface area contributed by atoms with E-state index in [2.05, 4.69) is 10.0 Å². The third-order valence-corrected chi connectivity index (χ3v) is 4.96. The zero-order valence-electron chi connectivity index (χ0n) is 10.8. The molecule has 1 aromatic carbocycles. The Hall–Kier alpha value is -0.920. The summed E-state index contributed by atoms with van der Waals surface area (Å²) in [6.07, 6.45) is 0. The monoisotopic (exact) mass is 368 g/mol. The van der Waals surface area contributed by atoms with Crippen LogP contribution in [-0.4, -0.2) is 15.5 Å². The Morgan fingerprint density at radius 1 is 1.10 bits per heavy atom. The van der Waals surface area contributed by atoms with Crippen LogP contribution in [0.15, 0.2) is 33.8 Å². The van der Waals surface area contributed by atoms with Gasteiger partial charge >= 0.3 is 0 Å². The molecule has 0 aliphatic rings. The van der Waals surface area contributed by atoms with Gasteiger partial charge in [-0.05, 0) is 31.3 Å². The van der Waals surface area contributed by atoms with Crippen LogP contribution in [0.2, 0.25) is 15.1 Å². The molecule has 0 spiro atoms. The normalized spacial score (nSPS) is 11.6. The Morgan fingerprint density at radius 2 is 1.76 bits per heavy atom. The van der Waals surface area contributed by atoms with E-state index in [1.54, 1.807) is 12.1 Å². The van der Waals surface area contributed by atoms with Crippen LogP contribution in [0.4, 0.5) is 5.69 Å². The number of rotatable bonds is 5. The number of benzene rings is 1. The lowest BCUT2D eigenvalue weighted by Gasteiger charge is -2.08. The number of hydrogen-bond donors (Lipinski definition) is 2. The van der Waals surface area contributed by atoms with Crippen LogP contribution in [0.1, 0.15) is 5.76 Å². The number of sulfonamides is 1. The van der Waals surface area contributed by atoms with Crippen molar-refractivity contribution in [2.24, 2.45) is 0 Å². The third kappa shape index (κ3) is 3.84. The smallest absolute Gasteiger partial charge is 0.273 e. The standard InChI is InChI=1S/C12H11Cl3N2O3S/c1-16-21(18,19)12-3-2-7(20-12)6-17-11-5-9(14)8(13)4-10(11)15/h2-5,16-17H,6H2,1H3. The lowest BCUT2D eigenvalue weighted by molar-refractivity contribution is 0.417. The minimum Gasteiger partial charge on any atom is -0.446 e. The van der Waals surface area contributed by atoms with Crippen LogP contribution in [0.3, 0.4) is 0 Å². The van der Waals surface area contributed by atoms with Crippen molar-refractivity contribution in [2.75, 3.05) is 12.4 Å². The van der Waals surface area contributed by atoms with Crippen LogP contribution >= 0.6 is 34.8 Å². The number of nitrogens with one attached hydrogen (secondary N) is 2. The molecule has 0 unspecified atom stereocenters. The minimum atomic E-state index is -3.59. The van der Waals surface area contributed by atoms with E-state index in [0.717, 1.165) is 0 Å². The molecule has 0 saturated heterocycles. The van der Waals surface area contributed by atoms with E-state index >= 15 is 0 Å². The van der Waals surface area contributed by atoms with Gasteiger partial charge in [0.2, 0.25) is 5.09 Å². The topological polar surface area (TPSA) is 71.3 Å². The summed E-state index contributed by atoms with van der Waals surface area (Å²) in [4.78, 5) is 0. The molecule has 1 heterocycles. The van der Waals surface area contributed by atoms with Crippen LogP contribution < -0.4 is 10.0 Å². The van der Waals surface area contributed by atoms with E-state index < -0.39 is 10.0 Å². The molecule has 21 heavy (non-hydrogen) atoms. The van der Waals surface area contributed by atoms with E-state index in [9.17, 15) is 8.42 Å². The summed E-state index contributed by atoms with van der Waals surface area (Å²) in [6.45, 7) is 0.247. The molecule has 0 fully saturated rings. The van der Waals surface area contributed by atoms with Gasteiger partial charge in [-0.15, -0.1) is 0 Å². The van der Waals surface area contributed by atoms with Crippen molar-refractivity contribution in [3.63, 3.8) is 0 Å². The van der Waals surface area contributed by atoms with E-state index in [1.165, 1.54) is 19.2 Å². The van der Waals surface area contributed by atoms with Gasteiger partial charge in [-0.1, -0.05) is 34.8 Å². The lowest BCUT2D eigenvalue weighted by Crippen LogP contribution is -2.17.